The van der Waals surface area contributed by atoms with Gasteiger partial charge in [-0.3, -0.25) is 4.98 Å². The molecule has 0 saturated carbocycles. The van der Waals surface area contributed by atoms with Gasteiger partial charge in [0.05, 0.1) is 30.5 Å². The van der Waals surface area contributed by atoms with E-state index >= 15 is 0 Å². The molecule has 64 heavy (non-hydrogen) atoms. The maximum Gasteiger partial charge on any atom is 0.120 e. The van der Waals surface area contributed by atoms with Crippen molar-refractivity contribution >= 4 is 46.2 Å². The number of hydrogen-bond donors (Lipinski definition) is 0. The zero-order valence-corrected chi connectivity index (χ0v) is 42.0. The zero-order chi connectivity index (χ0) is 44.6. The molecule has 1 radical (unpaired) electrons. The number of fused-ring (bicyclic) bond motifs is 4. The molecule has 325 valence electrons. The van der Waals surface area contributed by atoms with E-state index in [1.807, 2.05) is 18.2 Å². The molecule has 0 saturated heterocycles. The van der Waals surface area contributed by atoms with Crippen molar-refractivity contribution in [3.8, 4) is 45.5 Å². The molecule has 0 bridgehead atoms. The molecule has 9 rings (SSSR count). The number of imidazole rings is 1. The molecule has 3 aromatic heterocycles. The van der Waals surface area contributed by atoms with Gasteiger partial charge in [-0.1, -0.05) is 132 Å². The smallest absolute Gasteiger partial charge is 0.120 e. The Bertz CT molecular complexity index is 3100. The van der Waals surface area contributed by atoms with Gasteiger partial charge in [0, 0.05) is 43.4 Å². The average molecular weight is 1030 g/mol. The van der Waals surface area contributed by atoms with Crippen LogP contribution < -0.4 is 5.19 Å². The summed E-state index contributed by atoms with van der Waals surface area (Å²) < 4.78 is 8.54. The van der Waals surface area contributed by atoms with Gasteiger partial charge in [-0.15, -0.1) is 53.6 Å². The summed E-state index contributed by atoms with van der Waals surface area (Å²) in [6.07, 6.45) is 3.14. The predicted octanol–water partition coefficient (Wildman–Crippen LogP) is 14.8. The van der Waals surface area contributed by atoms with Crippen LogP contribution in [0.5, 0.6) is 0 Å². The Morgan fingerprint density at radius 3 is 2.03 bits per heavy atom. The molecule has 7 heteroatoms. The number of aromatic nitrogens is 3. The standard InChI is InChI=1S/C38H33N2O.C19H23N2Si.Ir/c1-23(2)29-21-28(26-11-7-6-8-12-26)22-30(24(3)4)37(29)40-34-14-10-9-13-33(34)39-38(40)27-16-18-36-32(20-27)31-19-25(5)15-17-35(31)41-36;1-14(2)10-17-11-18(21-13-19(17)22(3,4)5)16-8-6-15(12-20)7-9-16;/h6-15,17-24H,1-5H3;6-8,11,13-14H,10H2,1-5H3;/q2*-1;. The monoisotopic (exact) mass is 1030 g/mol. The van der Waals surface area contributed by atoms with E-state index in [1.54, 1.807) is 6.07 Å². The number of aryl methyl sites for hydroxylation is 1. The molecule has 5 nitrogen and oxygen atoms in total. The minimum absolute atomic E-state index is 0. The SMILES string of the molecule is CC(C)Cc1cc(-c2[c-]cc(C#N)cc2)ncc1[Si](C)(C)C.Cc1ccc2oc3c[c-]c(-c4nc5ccccc5n4-c4c(C(C)C)cc(-c5ccccc5)cc4C(C)C)cc3c2c1.[Ir]. The first-order chi connectivity index (χ1) is 30.2. The largest absolute Gasteiger partial charge is 0.500 e. The molecule has 0 atom stereocenters. The Labute approximate surface area is 393 Å². The Hall–Kier alpha value is -5.90. The molecule has 0 unspecified atom stereocenters. The van der Waals surface area contributed by atoms with Crippen molar-refractivity contribution in [3.63, 3.8) is 0 Å². The molecule has 9 aromatic rings. The number of nitriles is 1. The molecule has 0 aliphatic heterocycles. The van der Waals surface area contributed by atoms with Crippen molar-refractivity contribution in [2.24, 2.45) is 5.92 Å². The first kappa shape index (κ1) is 46.1. The van der Waals surface area contributed by atoms with E-state index in [-0.39, 0.29) is 20.1 Å². The van der Waals surface area contributed by atoms with Crippen molar-refractivity contribution in [1.29, 1.82) is 5.26 Å². The summed E-state index contributed by atoms with van der Waals surface area (Å²) in [5.41, 5.74) is 16.2. The Morgan fingerprint density at radius 1 is 0.719 bits per heavy atom. The van der Waals surface area contributed by atoms with E-state index in [1.165, 1.54) is 44.3 Å². The van der Waals surface area contributed by atoms with Crippen LogP contribution in [0.4, 0.5) is 0 Å². The molecule has 0 amide bonds. The average Bonchev–Trinajstić information content (AvgIpc) is 3.83. The Balaban J connectivity index is 0.000000227. The molecular weight excluding hydrogens is 977 g/mol. The topological polar surface area (TPSA) is 67.6 Å². The van der Waals surface area contributed by atoms with Crippen LogP contribution in [0.2, 0.25) is 19.6 Å². The number of furan rings is 1. The van der Waals surface area contributed by atoms with Crippen LogP contribution in [0.3, 0.4) is 0 Å². The van der Waals surface area contributed by atoms with Gasteiger partial charge in [0.2, 0.25) is 0 Å². The third-order valence-electron chi connectivity index (χ3n) is 11.7. The molecule has 0 fully saturated rings. The minimum Gasteiger partial charge on any atom is -0.500 e. The number of nitrogens with zero attached hydrogens (tertiary/aromatic N) is 4. The summed E-state index contributed by atoms with van der Waals surface area (Å²) in [6.45, 7) is 22.9. The maximum atomic E-state index is 8.89. The van der Waals surface area contributed by atoms with Crippen LogP contribution in [0.25, 0.3) is 72.4 Å². The minimum atomic E-state index is -1.40. The fraction of sp³-hybridized carbons (Fsp3) is 0.246. The van der Waals surface area contributed by atoms with Gasteiger partial charge in [-0.25, -0.2) is 5.26 Å². The first-order valence-electron chi connectivity index (χ1n) is 22.2. The van der Waals surface area contributed by atoms with Gasteiger partial charge < -0.3 is 14.0 Å². The first-order valence-corrected chi connectivity index (χ1v) is 25.7. The van der Waals surface area contributed by atoms with Crippen LogP contribution >= 0.6 is 0 Å². The third kappa shape index (κ3) is 9.47. The van der Waals surface area contributed by atoms with E-state index < -0.39 is 8.07 Å². The number of hydrogen-bond acceptors (Lipinski definition) is 4. The molecule has 0 aliphatic carbocycles. The number of benzene rings is 6. The van der Waals surface area contributed by atoms with Crippen LogP contribution in [-0.4, -0.2) is 22.6 Å². The van der Waals surface area contributed by atoms with Crippen molar-refractivity contribution in [2.75, 3.05) is 0 Å². The van der Waals surface area contributed by atoms with Gasteiger partial charge in [-0.05, 0) is 106 Å². The van der Waals surface area contributed by atoms with Gasteiger partial charge >= 0.3 is 0 Å². The summed E-state index contributed by atoms with van der Waals surface area (Å²) >= 11 is 0. The fourth-order valence-corrected chi connectivity index (χ4v) is 10.2. The van der Waals surface area contributed by atoms with Gasteiger partial charge in [0.15, 0.2) is 0 Å². The summed E-state index contributed by atoms with van der Waals surface area (Å²) in [4.78, 5) is 9.89. The van der Waals surface area contributed by atoms with E-state index in [9.17, 15) is 0 Å². The van der Waals surface area contributed by atoms with E-state index in [0.717, 1.165) is 62.0 Å². The van der Waals surface area contributed by atoms with Crippen molar-refractivity contribution in [2.45, 2.75) is 86.4 Å². The quantitative estimate of drug-likeness (QED) is 0.107. The number of para-hydroxylation sites is 2. The molecule has 0 spiro atoms. The summed E-state index contributed by atoms with van der Waals surface area (Å²) in [7, 11) is -1.40. The normalized spacial score (nSPS) is 11.6. The molecular formula is C57H56IrN4OSi-2. The van der Waals surface area contributed by atoms with Crippen LogP contribution in [-0.2, 0) is 26.5 Å². The summed E-state index contributed by atoms with van der Waals surface area (Å²) in [5, 5.41) is 12.5. The maximum absolute atomic E-state index is 8.89. The molecule has 0 aliphatic rings. The molecule has 0 N–H and O–H groups in total. The number of rotatable bonds is 9. The zero-order valence-electron chi connectivity index (χ0n) is 38.6. The summed E-state index contributed by atoms with van der Waals surface area (Å²) in [5.74, 6) is 2.14. The van der Waals surface area contributed by atoms with E-state index in [4.69, 9.17) is 14.7 Å². The van der Waals surface area contributed by atoms with Crippen molar-refractivity contribution in [3.05, 3.63) is 167 Å². The van der Waals surface area contributed by atoms with Crippen molar-refractivity contribution in [1.82, 2.24) is 14.5 Å². The van der Waals surface area contributed by atoms with E-state index in [2.05, 4.69) is 199 Å². The second-order valence-corrected chi connectivity index (χ2v) is 23.9. The fourth-order valence-electron chi connectivity index (χ4n) is 8.59. The van der Waals surface area contributed by atoms with Gasteiger partial charge in [-0.2, -0.15) is 0 Å². The molecule has 3 heterocycles. The van der Waals surface area contributed by atoms with Crippen LogP contribution in [0, 0.1) is 36.3 Å². The van der Waals surface area contributed by atoms with Crippen molar-refractivity contribution < 1.29 is 24.5 Å². The van der Waals surface area contributed by atoms with Crippen LogP contribution in [0.15, 0.2) is 132 Å². The predicted molar refractivity (Wildman–Crippen MR) is 266 cm³/mol. The Kier molecular flexibility index (Phi) is 13.7. The summed E-state index contributed by atoms with van der Waals surface area (Å²) in [6, 6.07) is 50.9. The second-order valence-electron chi connectivity index (χ2n) is 18.8. The third-order valence-corrected chi connectivity index (χ3v) is 13.8. The second kappa shape index (κ2) is 19.1. The molecule has 6 aromatic carbocycles. The van der Waals surface area contributed by atoms with Gasteiger partial charge in [0.1, 0.15) is 5.58 Å². The number of pyridine rings is 1. The van der Waals surface area contributed by atoms with E-state index in [0.29, 0.717) is 23.3 Å². The van der Waals surface area contributed by atoms with Crippen LogP contribution in [0.1, 0.15) is 81.2 Å². The van der Waals surface area contributed by atoms with Gasteiger partial charge in [0.25, 0.3) is 0 Å². The Morgan fingerprint density at radius 2 is 1.39 bits per heavy atom.